The van der Waals surface area contributed by atoms with E-state index in [4.69, 9.17) is 0 Å². The van der Waals surface area contributed by atoms with Crippen LogP contribution in [0, 0.1) is 0 Å². The summed E-state index contributed by atoms with van der Waals surface area (Å²) in [4.78, 5) is 5.20. The van der Waals surface area contributed by atoms with Crippen LogP contribution in [0.1, 0.15) is 32.6 Å². The van der Waals surface area contributed by atoms with Gasteiger partial charge in [0, 0.05) is 25.2 Å². The Morgan fingerprint density at radius 2 is 2.00 bits per heavy atom. The first-order chi connectivity index (χ1) is 8.83. The number of likely N-dealkylation sites (tertiary alicyclic amines) is 2. The molecule has 18 heavy (non-hydrogen) atoms. The highest BCUT2D eigenvalue weighted by atomic mass is 16.3. The topological polar surface area (TPSA) is 38.7 Å². The summed E-state index contributed by atoms with van der Waals surface area (Å²) in [6, 6.07) is 1.02. The lowest BCUT2D eigenvalue weighted by molar-refractivity contribution is 0.153. The molecule has 2 atom stereocenters. The monoisotopic (exact) mass is 255 g/mol. The van der Waals surface area contributed by atoms with Crippen LogP contribution in [0.3, 0.4) is 0 Å². The van der Waals surface area contributed by atoms with Crippen molar-refractivity contribution in [1.29, 1.82) is 0 Å². The molecule has 0 aliphatic carbocycles. The van der Waals surface area contributed by atoms with E-state index >= 15 is 0 Å². The van der Waals surface area contributed by atoms with E-state index in [-0.39, 0.29) is 12.6 Å². The van der Waals surface area contributed by atoms with Crippen LogP contribution >= 0.6 is 0 Å². The van der Waals surface area contributed by atoms with Crippen molar-refractivity contribution in [2.75, 3.05) is 45.9 Å². The molecule has 2 rings (SSSR count). The maximum Gasteiger partial charge on any atom is 0.0597 e. The predicted molar refractivity (Wildman–Crippen MR) is 74.8 cm³/mol. The Morgan fingerprint density at radius 1 is 1.22 bits per heavy atom. The van der Waals surface area contributed by atoms with Gasteiger partial charge in [-0.05, 0) is 45.4 Å². The van der Waals surface area contributed by atoms with E-state index in [0.29, 0.717) is 0 Å². The molecule has 2 aliphatic heterocycles. The molecule has 2 saturated heterocycles. The number of nitrogens with one attached hydrogen (secondary N) is 1. The molecule has 4 heteroatoms. The van der Waals surface area contributed by atoms with Gasteiger partial charge in [-0.15, -0.1) is 0 Å². The highest BCUT2D eigenvalue weighted by Gasteiger charge is 2.29. The van der Waals surface area contributed by atoms with Crippen molar-refractivity contribution < 1.29 is 5.11 Å². The van der Waals surface area contributed by atoms with Crippen LogP contribution in [-0.4, -0.2) is 72.9 Å². The molecule has 0 amide bonds. The van der Waals surface area contributed by atoms with Crippen molar-refractivity contribution in [2.24, 2.45) is 0 Å². The Labute approximate surface area is 111 Å². The first-order valence-corrected chi connectivity index (χ1v) is 7.64. The molecule has 4 nitrogen and oxygen atoms in total. The molecule has 0 saturated carbocycles. The molecular weight excluding hydrogens is 226 g/mol. The maximum atomic E-state index is 9.33. The van der Waals surface area contributed by atoms with Crippen molar-refractivity contribution in [1.82, 2.24) is 15.1 Å². The molecule has 0 aromatic carbocycles. The van der Waals surface area contributed by atoms with Gasteiger partial charge in [0.1, 0.15) is 0 Å². The van der Waals surface area contributed by atoms with Gasteiger partial charge < -0.3 is 15.3 Å². The van der Waals surface area contributed by atoms with Gasteiger partial charge in [0.2, 0.25) is 0 Å². The van der Waals surface area contributed by atoms with Crippen LogP contribution < -0.4 is 5.32 Å². The minimum absolute atomic E-state index is 0.245. The summed E-state index contributed by atoms with van der Waals surface area (Å²) < 4.78 is 0. The molecule has 0 bridgehead atoms. The van der Waals surface area contributed by atoms with E-state index < -0.39 is 0 Å². The molecule has 0 radical (unpaired) electrons. The van der Waals surface area contributed by atoms with Crippen LogP contribution in [0.2, 0.25) is 0 Å². The largest absolute Gasteiger partial charge is 0.395 e. The van der Waals surface area contributed by atoms with Gasteiger partial charge in [-0.3, -0.25) is 4.90 Å². The Morgan fingerprint density at radius 3 is 2.67 bits per heavy atom. The van der Waals surface area contributed by atoms with Crippen LogP contribution in [-0.2, 0) is 0 Å². The van der Waals surface area contributed by atoms with Gasteiger partial charge in [-0.1, -0.05) is 13.3 Å². The Bertz CT molecular complexity index is 231. The van der Waals surface area contributed by atoms with Gasteiger partial charge in [-0.25, -0.2) is 0 Å². The number of piperidine rings is 1. The van der Waals surface area contributed by atoms with E-state index in [1.54, 1.807) is 0 Å². The molecule has 0 aromatic rings. The number of hydrogen-bond acceptors (Lipinski definition) is 4. The van der Waals surface area contributed by atoms with Gasteiger partial charge in [0.25, 0.3) is 0 Å². The summed E-state index contributed by atoms with van der Waals surface area (Å²) in [7, 11) is 0. The zero-order valence-electron chi connectivity index (χ0n) is 11.8. The summed E-state index contributed by atoms with van der Waals surface area (Å²) >= 11 is 0. The number of nitrogens with zero attached hydrogens (tertiary/aromatic N) is 2. The number of aliphatic hydroxyl groups excluding tert-OH is 1. The van der Waals surface area contributed by atoms with Crippen LogP contribution in [0.15, 0.2) is 0 Å². The second-order valence-electron chi connectivity index (χ2n) is 5.74. The molecule has 2 fully saturated rings. The summed E-state index contributed by atoms with van der Waals surface area (Å²) in [6.07, 6.45) is 5.49. The second-order valence-corrected chi connectivity index (χ2v) is 5.74. The van der Waals surface area contributed by atoms with Crippen molar-refractivity contribution in [3.8, 4) is 0 Å². The highest BCUT2D eigenvalue weighted by Crippen LogP contribution is 2.20. The fraction of sp³-hybridized carbons (Fsp3) is 1.00. The van der Waals surface area contributed by atoms with E-state index in [0.717, 1.165) is 19.1 Å². The lowest BCUT2D eigenvalue weighted by atomic mass is 10.1. The lowest BCUT2D eigenvalue weighted by Gasteiger charge is -2.32. The van der Waals surface area contributed by atoms with Gasteiger partial charge in [0.05, 0.1) is 6.61 Å². The highest BCUT2D eigenvalue weighted by molar-refractivity contribution is 4.86. The first-order valence-electron chi connectivity index (χ1n) is 7.64. The number of hydrogen-bond donors (Lipinski definition) is 2. The van der Waals surface area contributed by atoms with Crippen molar-refractivity contribution >= 4 is 0 Å². The molecule has 2 aliphatic rings. The van der Waals surface area contributed by atoms with Crippen LogP contribution in [0.25, 0.3) is 0 Å². The normalized spacial score (nSPS) is 28.7. The van der Waals surface area contributed by atoms with Gasteiger partial charge in [-0.2, -0.15) is 0 Å². The van der Waals surface area contributed by atoms with Crippen molar-refractivity contribution in [2.45, 2.75) is 44.7 Å². The second kappa shape index (κ2) is 7.43. The summed E-state index contributed by atoms with van der Waals surface area (Å²) in [5.74, 6) is 0. The Kier molecular flexibility index (Phi) is 5.89. The van der Waals surface area contributed by atoms with Crippen molar-refractivity contribution in [3.63, 3.8) is 0 Å². The molecule has 106 valence electrons. The molecule has 0 aromatic heterocycles. The van der Waals surface area contributed by atoms with Gasteiger partial charge in [0.15, 0.2) is 0 Å². The smallest absolute Gasteiger partial charge is 0.0597 e. The average molecular weight is 255 g/mol. The number of rotatable bonds is 6. The van der Waals surface area contributed by atoms with Crippen molar-refractivity contribution in [3.05, 3.63) is 0 Å². The van der Waals surface area contributed by atoms with E-state index in [1.807, 2.05) is 0 Å². The predicted octanol–water partition coefficient (Wildman–Crippen LogP) is 0.517. The standard InChI is InChI=1S/C14H29N3O/c1-2-15-13(12-18)10-16-9-6-14(11-16)17-7-4-3-5-8-17/h13-15,18H,2-12H2,1H3. The molecule has 2 N–H and O–H groups in total. The lowest BCUT2D eigenvalue weighted by Crippen LogP contribution is -2.45. The fourth-order valence-electron chi connectivity index (χ4n) is 3.35. The first kappa shape index (κ1) is 14.3. The Hall–Kier alpha value is -0.160. The van der Waals surface area contributed by atoms with E-state index in [9.17, 15) is 5.11 Å². The maximum absolute atomic E-state index is 9.33. The molecule has 0 spiro atoms. The molecular formula is C14H29N3O. The summed E-state index contributed by atoms with van der Waals surface area (Å²) in [5.41, 5.74) is 0. The zero-order valence-corrected chi connectivity index (χ0v) is 11.8. The molecule has 2 heterocycles. The number of aliphatic hydroxyl groups is 1. The third-order valence-electron chi connectivity index (χ3n) is 4.35. The fourth-order valence-corrected chi connectivity index (χ4v) is 3.35. The minimum atomic E-state index is 0.245. The van der Waals surface area contributed by atoms with Crippen LogP contribution in [0.4, 0.5) is 0 Å². The Balaban J connectivity index is 1.73. The molecule has 2 unspecified atom stereocenters. The van der Waals surface area contributed by atoms with E-state index in [2.05, 4.69) is 22.0 Å². The minimum Gasteiger partial charge on any atom is -0.395 e. The van der Waals surface area contributed by atoms with Crippen LogP contribution in [0.5, 0.6) is 0 Å². The summed E-state index contributed by atoms with van der Waals surface area (Å²) in [5, 5.41) is 12.7. The zero-order chi connectivity index (χ0) is 12.8. The average Bonchev–Trinajstić information content (AvgIpc) is 2.88. The van der Waals surface area contributed by atoms with Gasteiger partial charge >= 0.3 is 0 Å². The number of likely N-dealkylation sites (N-methyl/N-ethyl adjacent to an activating group) is 1. The third kappa shape index (κ3) is 3.92. The van der Waals surface area contributed by atoms with E-state index in [1.165, 1.54) is 51.9 Å². The SMILES string of the molecule is CCNC(CO)CN1CCC(N2CCCCC2)C1. The summed E-state index contributed by atoms with van der Waals surface area (Å²) in [6.45, 7) is 9.28. The third-order valence-corrected chi connectivity index (χ3v) is 4.35. The quantitative estimate of drug-likeness (QED) is 0.726.